The quantitative estimate of drug-likeness (QED) is 0.435. The molecule has 0 aliphatic rings. The number of thioether (sulfide) groups is 1. The summed E-state index contributed by atoms with van der Waals surface area (Å²) >= 11 is 1.30. The SMILES string of the molecule is CCn1c(SCC(=O)Nc2cccc(C(=O)OC)c2)nnc1-c1ccc(OC)cc1. The lowest BCUT2D eigenvalue weighted by Gasteiger charge is -2.09. The molecule has 0 aliphatic carbocycles. The van der Waals surface area contributed by atoms with E-state index < -0.39 is 5.97 Å². The van der Waals surface area contributed by atoms with Crippen molar-refractivity contribution >= 4 is 29.3 Å². The van der Waals surface area contributed by atoms with Crippen molar-refractivity contribution in [1.29, 1.82) is 0 Å². The predicted molar refractivity (Wildman–Crippen MR) is 115 cm³/mol. The molecule has 0 spiro atoms. The molecule has 0 fully saturated rings. The number of benzene rings is 2. The Balaban J connectivity index is 1.66. The first-order valence-corrected chi connectivity index (χ1v) is 10.2. The van der Waals surface area contributed by atoms with Gasteiger partial charge in [-0.2, -0.15) is 0 Å². The highest BCUT2D eigenvalue weighted by Crippen LogP contribution is 2.25. The third-order valence-corrected chi connectivity index (χ3v) is 5.25. The number of rotatable bonds is 8. The molecule has 1 amide bonds. The van der Waals surface area contributed by atoms with Crippen LogP contribution in [0.3, 0.4) is 0 Å². The lowest BCUT2D eigenvalue weighted by atomic mass is 10.2. The van der Waals surface area contributed by atoms with E-state index in [1.165, 1.54) is 18.9 Å². The van der Waals surface area contributed by atoms with E-state index in [1.807, 2.05) is 35.8 Å². The zero-order valence-electron chi connectivity index (χ0n) is 16.9. The smallest absolute Gasteiger partial charge is 0.337 e. The highest BCUT2D eigenvalue weighted by molar-refractivity contribution is 7.99. The number of carbonyl (C=O) groups excluding carboxylic acids is 2. The van der Waals surface area contributed by atoms with Gasteiger partial charge in [0.25, 0.3) is 0 Å². The van der Waals surface area contributed by atoms with Crippen LogP contribution in [0.15, 0.2) is 53.7 Å². The standard InChI is InChI=1S/C21H22N4O4S/c1-4-25-19(14-8-10-17(28-2)11-9-14)23-24-21(25)30-13-18(26)22-16-7-5-6-15(12-16)20(27)29-3/h5-12H,4,13H2,1-3H3,(H,22,26). The minimum absolute atomic E-state index is 0.156. The number of hydrogen-bond donors (Lipinski definition) is 1. The normalized spacial score (nSPS) is 10.5. The van der Waals surface area contributed by atoms with Crippen LogP contribution in [0.4, 0.5) is 5.69 Å². The molecule has 3 rings (SSSR count). The fourth-order valence-electron chi connectivity index (χ4n) is 2.80. The molecule has 0 aliphatic heterocycles. The highest BCUT2D eigenvalue weighted by atomic mass is 32.2. The first kappa shape index (κ1) is 21.4. The Bertz CT molecular complexity index is 1030. The molecule has 0 bridgehead atoms. The van der Waals surface area contributed by atoms with E-state index in [0.717, 1.165) is 17.1 Å². The van der Waals surface area contributed by atoms with Gasteiger partial charge in [-0.05, 0) is 49.4 Å². The van der Waals surface area contributed by atoms with Crippen LogP contribution in [-0.2, 0) is 16.1 Å². The largest absolute Gasteiger partial charge is 0.497 e. The molecule has 156 valence electrons. The molecular formula is C21H22N4O4S. The summed E-state index contributed by atoms with van der Waals surface area (Å²) in [6.45, 7) is 2.66. The van der Waals surface area contributed by atoms with Gasteiger partial charge in [0, 0.05) is 17.8 Å². The molecule has 9 heteroatoms. The van der Waals surface area contributed by atoms with Crippen molar-refractivity contribution in [2.45, 2.75) is 18.6 Å². The van der Waals surface area contributed by atoms with E-state index in [9.17, 15) is 9.59 Å². The van der Waals surface area contributed by atoms with Gasteiger partial charge in [-0.3, -0.25) is 4.79 Å². The zero-order chi connectivity index (χ0) is 21.5. The van der Waals surface area contributed by atoms with E-state index in [1.54, 1.807) is 31.4 Å². The second-order valence-corrected chi connectivity index (χ2v) is 7.13. The molecule has 2 aromatic carbocycles. The molecule has 30 heavy (non-hydrogen) atoms. The van der Waals surface area contributed by atoms with Crippen LogP contribution in [0.25, 0.3) is 11.4 Å². The van der Waals surface area contributed by atoms with E-state index >= 15 is 0 Å². The third kappa shape index (κ3) is 4.98. The Morgan fingerprint density at radius 2 is 1.87 bits per heavy atom. The lowest BCUT2D eigenvalue weighted by molar-refractivity contribution is -0.113. The maximum atomic E-state index is 12.4. The Morgan fingerprint density at radius 3 is 2.53 bits per heavy atom. The Morgan fingerprint density at radius 1 is 1.10 bits per heavy atom. The Kier molecular flexibility index (Phi) is 7.08. The summed E-state index contributed by atoms with van der Waals surface area (Å²) in [6, 6.07) is 14.2. The molecule has 0 saturated heterocycles. The molecule has 1 aromatic heterocycles. The summed E-state index contributed by atoms with van der Waals surface area (Å²) in [5.41, 5.74) is 1.82. The third-order valence-electron chi connectivity index (χ3n) is 4.28. The summed E-state index contributed by atoms with van der Waals surface area (Å²) < 4.78 is 11.8. The molecule has 0 saturated carbocycles. The van der Waals surface area contributed by atoms with Crippen molar-refractivity contribution in [2.75, 3.05) is 25.3 Å². The first-order valence-electron chi connectivity index (χ1n) is 9.24. The van der Waals surface area contributed by atoms with Crippen LogP contribution < -0.4 is 10.1 Å². The lowest BCUT2D eigenvalue weighted by Crippen LogP contribution is -2.15. The molecule has 0 unspecified atom stereocenters. The van der Waals surface area contributed by atoms with Crippen LogP contribution in [0.1, 0.15) is 17.3 Å². The van der Waals surface area contributed by atoms with Crippen LogP contribution in [0.5, 0.6) is 5.75 Å². The molecule has 1 heterocycles. The van der Waals surface area contributed by atoms with Crippen molar-refractivity contribution in [3.05, 3.63) is 54.1 Å². The molecule has 8 nitrogen and oxygen atoms in total. The van der Waals surface area contributed by atoms with E-state index in [2.05, 4.69) is 15.5 Å². The molecule has 0 radical (unpaired) electrons. The second-order valence-electron chi connectivity index (χ2n) is 6.19. The van der Waals surface area contributed by atoms with Gasteiger partial charge in [0.05, 0.1) is 25.5 Å². The molecule has 3 aromatic rings. The first-order chi connectivity index (χ1) is 14.5. The number of carbonyl (C=O) groups is 2. The van der Waals surface area contributed by atoms with E-state index in [-0.39, 0.29) is 11.7 Å². The average Bonchev–Trinajstić information content (AvgIpc) is 3.20. The van der Waals surface area contributed by atoms with Crippen LogP contribution >= 0.6 is 11.8 Å². The predicted octanol–water partition coefficient (Wildman–Crippen LogP) is 3.49. The minimum Gasteiger partial charge on any atom is -0.497 e. The van der Waals surface area contributed by atoms with Gasteiger partial charge in [-0.15, -0.1) is 10.2 Å². The van der Waals surface area contributed by atoms with Gasteiger partial charge in [-0.1, -0.05) is 17.8 Å². The number of esters is 1. The number of ether oxygens (including phenoxy) is 2. The number of hydrogen-bond acceptors (Lipinski definition) is 7. The summed E-state index contributed by atoms with van der Waals surface area (Å²) in [5, 5.41) is 12.0. The van der Waals surface area contributed by atoms with Crippen LogP contribution in [0.2, 0.25) is 0 Å². The van der Waals surface area contributed by atoms with Gasteiger partial charge in [0.1, 0.15) is 5.75 Å². The van der Waals surface area contributed by atoms with Gasteiger partial charge in [-0.25, -0.2) is 4.79 Å². The minimum atomic E-state index is -0.456. The van der Waals surface area contributed by atoms with Gasteiger partial charge < -0.3 is 19.4 Å². The maximum absolute atomic E-state index is 12.4. The monoisotopic (exact) mass is 426 g/mol. The summed E-state index contributed by atoms with van der Waals surface area (Å²) in [7, 11) is 2.93. The number of methoxy groups -OCH3 is 2. The summed E-state index contributed by atoms with van der Waals surface area (Å²) in [4.78, 5) is 24.0. The van der Waals surface area contributed by atoms with Gasteiger partial charge in [0.2, 0.25) is 5.91 Å². The van der Waals surface area contributed by atoms with Crippen LogP contribution in [-0.4, -0.2) is 46.6 Å². The van der Waals surface area contributed by atoms with Crippen molar-refractivity contribution in [1.82, 2.24) is 14.8 Å². The van der Waals surface area contributed by atoms with E-state index in [4.69, 9.17) is 9.47 Å². The van der Waals surface area contributed by atoms with Crippen molar-refractivity contribution in [2.24, 2.45) is 0 Å². The Hall–Kier alpha value is -3.33. The highest BCUT2D eigenvalue weighted by Gasteiger charge is 2.15. The van der Waals surface area contributed by atoms with Gasteiger partial charge in [0.15, 0.2) is 11.0 Å². The number of anilines is 1. The van der Waals surface area contributed by atoms with Crippen LogP contribution in [0, 0.1) is 0 Å². The second kappa shape index (κ2) is 9.93. The number of aromatic nitrogens is 3. The van der Waals surface area contributed by atoms with Crippen molar-refractivity contribution in [3.63, 3.8) is 0 Å². The van der Waals surface area contributed by atoms with Gasteiger partial charge >= 0.3 is 5.97 Å². The number of amides is 1. The average molecular weight is 426 g/mol. The fourth-order valence-corrected chi connectivity index (χ4v) is 3.61. The van der Waals surface area contributed by atoms with Crippen molar-refractivity contribution in [3.8, 4) is 17.1 Å². The molecular weight excluding hydrogens is 404 g/mol. The van der Waals surface area contributed by atoms with E-state index in [0.29, 0.717) is 23.0 Å². The zero-order valence-corrected chi connectivity index (χ0v) is 17.7. The fraction of sp³-hybridized carbons (Fsp3) is 0.238. The maximum Gasteiger partial charge on any atom is 0.337 e. The summed E-state index contributed by atoms with van der Waals surface area (Å²) in [6.07, 6.45) is 0. The molecule has 0 atom stereocenters. The number of nitrogens with zero attached hydrogens (tertiary/aromatic N) is 3. The summed E-state index contributed by atoms with van der Waals surface area (Å²) in [5.74, 6) is 0.988. The molecule has 1 N–H and O–H groups in total. The topological polar surface area (TPSA) is 95.3 Å². The Labute approximate surface area is 178 Å². The number of nitrogens with one attached hydrogen (secondary N) is 1. The van der Waals surface area contributed by atoms with Crippen molar-refractivity contribution < 1.29 is 19.1 Å².